The van der Waals surface area contributed by atoms with Crippen LogP contribution in [0.4, 0.5) is 0 Å². The summed E-state index contributed by atoms with van der Waals surface area (Å²) in [7, 11) is 2.17. The van der Waals surface area contributed by atoms with E-state index >= 15 is 0 Å². The maximum absolute atomic E-state index is 9.81. The Bertz CT molecular complexity index is 208. The van der Waals surface area contributed by atoms with Crippen LogP contribution in [0.15, 0.2) is 0 Å². The second-order valence-electron chi connectivity index (χ2n) is 5.45. The van der Waals surface area contributed by atoms with Gasteiger partial charge in [-0.1, -0.05) is 0 Å². The highest BCUT2D eigenvalue weighted by Gasteiger charge is 2.22. The minimum atomic E-state index is -0.685. The molecular weight excluding hydrogens is 202 g/mol. The van der Waals surface area contributed by atoms with Gasteiger partial charge in [-0.25, -0.2) is 0 Å². The fourth-order valence-corrected chi connectivity index (χ4v) is 2.27. The molecule has 0 bridgehead atoms. The molecule has 1 rings (SSSR count). The molecule has 2 atom stereocenters. The lowest BCUT2D eigenvalue weighted by Gasteiger charge is -2.38. The van der Waals surface area contributed by atoms with E-state index < -0.39 is 5.60 Å². The van der Waals surface area contributed by atoms with Gasteiger partial charge in [-0.05, 0) is 40.3 Å². The number of aliphatic hydroxyl groups is 1. The van der Waals surface area contributed by atoms with E-state index in [2.05, 4.69) is 23.8 Å². The van der Waals surface area contributed by atoms with E-state index in [1.807, 2.05) is 6.92 Å². The Morgan fingerprint density at radius 2 is 2.12 bits per heavy atom. The monoisotopic (exact) mass is 229 g/mol. The van der Waals surface area contributed by atoms with Crippen molar-refractivity contribution in [2.24, 2.45) is 5.73 Å². The zero-order valence-corrected chi connectivity index (χ0v) is 10.9. The van der Waals surface area contributed by atoms with Crippen molar-refractivity contribution in [3.63, 3.8) is 0 Å². The van der Waals surface area contributed by atoms with Crippen LogP contribution in [0.3, 0.4) is 0 Å². The number of nitrogens with zero attached hydrogens (tertiary/aromatic N) is 2. The molecule has 0 aromatic heterocycles. The van der Waals surface area contributed by atoms with Crippen LogP contribution in [0.25, 0.3) is 0 Å². The Balaban J connectivity index is 2.23. The smallest absolute Gasteiger partial charge is 0.0741 e. The lowest BCUT2D eigenvalue weighted by atomic mass is 10.00. The zero-order valence-electron chi connectivity index (χ0n) is 10.9. The Kier molecular flexibility index (Phi) is 5.18. The largest absolute Gasteiger partial charge is 0.389 e. The normalized spacial score (nSPS) is 27.9. The van der Waals surface area contributed by atoms with E-state index in [9.17, 15) is 5.11 Å². The van der Waals surface area contributed by atoms with Gasteiger partial charge in [0.1, 0.15) is 0 Å². The quantitative estimate of drug-likeness (QED) is 0.703. The third kappa shape index (κ3) is 4.37. The van der Waals surface area contributed by atoms with Gasteiger partial charge < -0.3 is 15.7 Å². The van der Waals surface area contributed by atoms with Crippen molar-refractivity contribution in [2.75, 3.05) is 39.8 Å². The molecule has 1 saturated heterocycles. The van der Waals surface area contributed by atoms with E-state index in [0.29, 0.717) is 12.6 Å². The highest BCUT2D eigenvalue weighted by molar-refractivity contribution is 4.79. The molecular formula is C12H27N3O. The maximum atomic E-state index is 9.81. The minimum Gasteiger partial charge on any atom is -0.389 e. The van der Waals surface area contributed by atoms with Crippen LogP contribution in [-0.4, -0.2) is 66.3 Å². The molecule has 0 radical (unpaired) electrons. The average molecular weight is 229 g/mol. The fraction of sp³-hybridized carbons (Fsp3) is 1.00. The Hall–Kier alpha value is -0.160. The Morgan fingerprint density at radius 1 is 1.44 bits per heavy atom. The number of rotatable bonds is 5. The highest BCUT2D eigenvalue weighted by Crippen LogP contribution is 2.13. The summed E-state index contributed by atoms with van der Waals surface area (Å²) in [6.45, 7) is 8.96. The minimum absolute atomic E-state index is 0.352. The predicted molar refractivity (Wildman–Crippen MR) is 67.4 cm³/mol. The van der Waals surface area contributed by atoms with Crippen LogP contribution >= 0.6 is 0 Å². The molecule has 0 amide bonds. The first kappa shape index (κ1) is 13.9. The molecule has 4 nitrogen and oxygen atoms in total. The van der Waals surface area contributed by atoms with E-state index in [-0.39, 0.29) is 0 Å². The molecule has 1 heterocycles. The first-order valence-corrected chi connectivity index (χ1v) is 6.29. The first-order valence-electron chi connectivity index (χ1n) is 6.29. The molecule has 0 saturated carbocycles. The first-order chi connectivity index (χ1) is 7.44. The average Bonchev–Trinajstić information content (AvgIpc) is 2.21. The van der Waals surface area contributed by atoms with Crippen molar-refractivity contribution < 1.29 is 5.11 Å². The van der Waals surface area contributed by atoms with Crippen LogP contribution in [0, 0.1) is 0 Å². The van der Waals surface area contributed by atoms with Crippen LogP contribution in [-0.2, 0) is 0 Å². The second kappa shape index (κ2) is 5.96. The van der Waals surface area contributed by atoms with Gasteiger partial charge >= 0.3 is 0 Å². The number of hydrogen-bond acceptors (Lipinski definition) is 4. The van der Waals surface area contributed by atoms with Crippen molar-refractivity contribution in [2.45, 2.75) is 38.3 Å². The van der Waals surface area contributed by atoms with Crippen molar-refractivity contribution in [3.05, 3.63) is 0 Å². The van der Waals surface area contributed by atoms with Gasteiger partial charge in [0.2, 0.25) is 0 Å². The van der Waals surface area contributed by atoms with E-state index in [1.54, 1.807) is 0 Å². The zero-order chi connectivity index (χ0) is 12.2. The van der Waals surface area contributed by atoms with Gasteiger partial charge in [0.05, 0.1) is 5.60 Å². The van der Waals surface area contributed by atoms with E-state index in [1.165, 1.54) is 0 Å². The van der Waals surface area contributed by atoms with Crippen molar-refractivity contribution in [1.29, 1.82) is 0 Å². The number of likely N-dealkylation sites (N-methyl/N-ethyl adjacent to an activating group) is 1. The molecule has 1 aliphatic rings. The summed E-state index contributed by atoms with van der Waals surface area (Å²) in [5.74, 6) is 0. The van der Waals surface area contributed by atoms with Crippen molar-refractivity contribution >= 4 is 0 Å². The fourth-order valence-electron chi connectivity index (χ4n) is 2.27. The number of nitrogens with two attached hydrogens (primary N) is 1. The van der Waals surface area contributed by atoms with E-state index in [0.717, 1.165) is 39.0 Å². The molecule has 0 aromatic carbocycles. The molecule has 16 heavy (non-hydrogen) atoms. The van der Waals surface area contributed by atoms with Gasteiger partial charge in [-0.2, -0.15) is 0 Å². The van der Waals surface area contributed by atoms with Gasteiger partial charge in [0.25, 0.3) is 0 Å². The summed E-state index contributed by atoms with van der Waals surface area (Å²) >= 11 is 0. The molecule has 0 spiro atoms. The molecule has 1 fully saturated rings. The molecule has 0 aliphatic carbocycles. The molecule has 2 unspecified atom stereocenters. The summed E-state index contributed by atoms with van der Waals surface area (Å²) in [6, 6.07) is 0.626. The number of piperazine rings is 1. The van der Waals surface area contributed by atoms with Crippen molar-refractivity contribution in [3.8, 4) is 0 Å². The molecule has 4 heteroatoms. The van der Waals surface area contributed by atoms with Crippen LogP contribution < -0.4 is 5.73 Å². The molecule has 3 N–H and O–H groups in total. The summed E-state index contributed by atoms with van der Waals surface area (Å²) in [5, 5.41) is 9.81. The van der Waals surface area contributed by atoms with Crippen LogP contribution in [0.2, 0.25) is 0 Å². The highest BCUT2D eigenvalue weighted by atomic mass is 16.3. The summed E-state index contributed by atoms with van der Waals surface area (Å²) < 4.78 is 0. The molecule has 1 aliphatic heterocycles. The van der Waals surface area contributed by atoms with Crippen LogP contribution in [0.1, 0.15) is 26.7 Å². The predicted octanol–water partition coefficient (Wildman–Crippen LogP) is 0.112. The van der Waals surface area contributed by atoms with Crippen LogP contribution in [0.5, 0.6) is 0 Å². The summed E-state index contributed by atoms with van der Waals surface area (Å²) in [4.78, 5) is 4.88. The standard InChI is InChI=1S/C12H27N3O/c1-11-9-14(3)7-8-15(11)6-4-5-12(2,16)10-13/h11,16H,4-10,13H2,1-3H3. The molecule has 96 valence electrons. The SMILES string of the molecule is CC1CN(C)CCN1CCCC(C)(O)CN. The third-order valence-electron chi connectivity index (χ3n) is 3.57. The van der Waals surface area contributed by atoms with Crippen molar-refractivity contribution in [1.82, 2.24) is 9.80 Å². The van der Waals surface area contributed by atoms with E-state index in [4.69, 9.17) is 5.73 Å². The third-order valence-corrected chi connectivity index (χ3v) is 3.57. The Morgan fingerprint density at radius 3 is 2.69 bits per heavy atom. The van der Waals surface area contributed by atoms with Gasteiger partial charge in [0, 0.05) is 32.2 Å². The summed E-state index contributed by atoms with van der Waals surface area (Å²) in [6.07, 6.45) is 1.82. The Labute approximate surface area is 99.4 Å². The van der Waals surface area contributed by atoms with Gasteiger partial charge in [0.15, 0.2) is 0 Å². The lowest BCUT2D eigenvalue weighted by Crippen LogP contribution is -2.50. The lowest BCUT2D eigenvalue weighted by molar-refractivity contribution is 0.0462. The number of hydrogen-bond donors (Lipinski definition) is 2. The van der Waals surface area contributed by atoms with Gasteiger partial charge in [-0.15, -0.1) is 0 Å². The maximum Gasteiger partial charge on any atom is 0.0741 e. The summed E-state index contributed by atoms with van der Waals surface area (Å²) in [5.41, 5.74) is 4.82. The van der Waals surface area contributed by atoms with Gasteiger partial charge in [-0.3, -0.25) is 4.90 Å². The second-order valence-corrected chi connectivity index (χ2v) is 5.45. The molecule has 0 aromatic rings. The topological polar surface area (TPSA) is 52.7 Å².